The maximum Gasteiger partial charge on any atom is 0.277 e. The number of aromatic nitrogens is 3. The number of aryl methyl sites for hydroxylation is 2. The van der Waals surface area contributed by atoms with E-state index in [1.165, 1.54) is 28.7 Å². The predicted molar refractivity (Wildman–Crippen MR) is 107 cm³/mol. The highest BCUT2D eigenvalue weighted by Gasteiger charge is 2.34. The monoisotopic (exact) mass is 400 g/mol. The Bertz CT molecular complexity index is 997. The fraction of sp³-hybridized carbons (Fsp3) is 0.368. The van der Waals surface area contributed by atoms with Crippen LogP contribution < -0.4 is 4.90 Å². The molecule has 0 bridgehead atoms. The fourth-order valence-corrected chi connectivity index (χ4v) is 4.95. The van der Waals surface area contributed by atoms with Gasteiger partial charge in [-0.15, -0.1) is 21.5 Å². The van der Waals surface area contributed by atoms with Crippen LogP contribution in [0.25, 0.3) is 10.8 Å². The summed E-state index contributed by atoms with van der Waals surface area (Å²) in [7, 11) is 0. The Kier molecular flexibility index (Phi) is 4.77. The third kappa shape index (κ3) is 3.39. The number of carbonyl (C=O) groups is 1. The molecule has 27 heavy (non-hydrogen) atoms. The third-order valence-corrected chi connectivity index (χ3v) is 6.56. The number of fused-ring (bicyclic) bond motifs is 1. The number of carbonyl (C=O) groups excluding carboxylic acids is 1. The summed E-state index contributed by atoms with van der Waals surface area (Å²) in [5, 5.41) is 9.27. The molecule has 0 aliphatic carbocycles. The molecule has 3 heterocycles. The van der Waals surface area contributed by atoms with Crippen LogP contribution in [-0.2, 0) is 11.2 Å². The van der Waals surface area contributed by atoms with Crippen molar-refractivity contribution in [3.63, 3.8) is 0 Å². The molecule has 1 aliphatic heterocycles. The van der Waals surface area contributed by atoms with Gasteiger partial charge in [0, 0.05) is 11.7 Å². The Labute approximate surface area is 166 Å². The van der Waals surface area contributed by atoms with Crippen molar-refractivity contribution >= 4 is 34.7 Å². The van der Waals surface area contributed by atoms with Gasteiger partial charge in [0.15, 0.2) is 0 Å². The molecule has 8 heteroatoms. The van der Waals surface area contributed by atoms with Crippen LogP contribution in [0.1, 0.15) is 30.1 Å². The van der Waals surface area contributed by atoms with E-state index in [9.17, 15) is 4.79 Å². The molecule has 0 fully saturated rings. The Balaban J connectivity index is 1.51. The highest BCUT2D eigenvalue weighted by molar-refractivity contribution is 8.00. The highest BCUT2D eigenvalue weighted by atomic mass is 32.2. The maximum absolute atomic E-state index is 13.1. The number of rotatable bonds is 4. The van der Waals surface area contributed by atoms with Gasteiger partial charge in [0.1, 0.15) is 4.88 Å². The van der Waals surface area contributed by atoms with Crippen LogP contribution >= 0.6 is 23.1 Å². The van der Waals surface area contributed by atoms with Crippen LogP contribution in [0.15, 0.2) is 33.9 Å². The molecule has 0 radical (unpaired) electrons. The number of amides is 1. The molecular weight excluding hydrogens is 380 g/mol. The Morgan fingerprint density at radius 1 is 1.33 bits per heavy atom. The van der Waals surface area contributed by atoms with Crippen molar-refractivity contribution < 1.29 is 9.21 Å². The number of benzene rings is 1. The molecule has 4 rings (SSSR count). The number of thiazole rings is 1. The predicted octanol–water partition coefficient (Wildman–Crippen LogP) is 4.27. The van der Waals surface area contributed by atoms with Crippen molar-refractivity contribution in [1.82, 2.24) is 15.2 Å². The lowest BCUT2D eigenvalue weighted by Crippen LogP contribution is -2.40. The second kappa shape index (κ2) is 7.09. The first-order valence-corrected chi connectivity index (χ1v) is 10.5. The molecule has 0 N–H and O–H groups in total. The van der Waals surface area contributed by atoms with Gasteiger partial charge in [0.25, 0.3) is 11.1 Å². The average molecular weight is 401 g/mol. The number of anilines is 1. The van der Waals surface area contributed by atoms with Gasteiger partial charge in [-0.1, -0.05) is 30.0 Å². The van der Waals surface area contributed by atoms with Gasteiger partial charge in [-0.2, -0.15) is 0 Å². The van der Waals surface area contributed by atoms with E-state index in [0.717, 1.165) is 27.7 Å². The molecule has 1 amide bonds. The standard InChI is InChI=1S/C19H20N4O2S2/c1-10-9-14-7-5-6-8-15(14)23(10)18(24)12(3)26-19-22-21-17(25-19)16-11(2)20-13(4)27-16/h5-8,10,12H,9H2,1-4H3/t10-,12+/m0/s1. The summed E-state index contributed by atoms with van der Waals surface area (Å²) in [5.74, 6) is 0.516. The van der Waals surface area contributed by atoms with Crippen molar-refractivity contribution in [2.75, 3.05) is 4.90 Å². The number of hydrogen-bond acceptors (Lipinski definition) is 7. The number of hydrogen-bond donors (Lipinski definition) is 0. The van der Waals surface area contributed by atoms with Crippen LogP contribution in [0, 0.1) is 13.8 Å². The van der Waals surface area contributed by atoms with Gasteiger partial charge in [-0.25, -0.2) is 4.98 Å². The summed E-state index contributed by atoms with van der Waals surface area (Å²) in [6.45, 7) is 7.83. The molecular formula is C19H20N4O2S2. The van der Waals surface area contributed by atoms with Crippen molar-refractivity contribution in [1.29, 1.82) is 0 Å². The number of para-hydroxylation sites is 1. The summed E-state index contributed by atoms with van der Waals surface area (Å²) in [5.41, 5.74) is 3.10. The van der Waals surface area contributed by atoms with E-state index in [4.69, 9.17) is 4.42 Å². The van der Waals surface area contributed by atoms with Crippen molar-refractivity contribution in [2.24, 2.45) is 0 Å². The lowest BCUT2D eigenvalue weighted by atomic mass is 10.1. The molecule has 0 saturated heterocycles. The first kappa shape index (κ1) is 18.2. The summed E-state index contributed by atoms with van der Waals surface area (Å²) < 4.78 is 5.78. The van der Waals surface area contributed by atoms with E-state index < -0.39 is 0 Å². The second-order valence-corrected chi connectivity index (χ2v) is 9.17. The molecule has 2 atom stereocenters. The van der Waals surface area contributed by atoms with E-state index in [1.54, 1.807) is 0 Å². The SMILES string of the molecule is Cc1nc(C)c(-c2nnc(S[C@H](C)C(=O)N3c4ccccc4C[C@@H]3C)o2)s1. The van der Waals surface area contributed by atoms with Crippen LogP contribution in [0.4, 0.5) is 5.69 Å². The summed E-state index contributed by atoms with van der Waals surface area (Å²) in [6, 6.07) is 8.23. The number of thioether (sulfide) groups is 1. The van der Waals surface area contributed by atoms with Crippen LogP contribution in [0.5, 0.6) is 0 Å². The van der Waals surface area contributed by atoms with Gasteiger partial charge < -0.3 is 9.32 Å². The minimum Gasteiger partial charge on any atom is -0.410 e. The minimum atomic E-state index is -0.323. The number of nitrogens with zero attached hydrogens (tertiary/aromatic N) is 4. The quantitative estimate of drug-likeness (QED) is 0.609. The Morgan fingerprint density at radius 2 is 2.11 bits per heavy atom. The smallest absolute Gasteiger partial charge is 0.277 e. The average Bonchev–Trinajstić information content (AvgIpc) is 3.30. The van der Waals surface area contributed by atoms with Crippen LogP contribution in [0.3, 0.4) is 0 Å². The molecule has 1 aromatic carbocycles. The first-order valence-electron chi connectivity index (χ1n) is 8.79. The van der Waals surface area contributed by atoms with E-state index >= 15 is 0 Å². The molecule has 0 unspecified atom stereocenters. The zero-order chi connectivity index (χ0) is 19.1. The largest absolute Gasteiger partial charge is 0.410 e. The fourth-order valence-electron chi connectivity index (χ4n) is 3.38. The molecule has 2 aromatic heterocycles. The van der Waals surface area contributed by atoms with Crippen LogP contribution in [-0.4, -0.2) is 32.4 Å². The maximum atomic E-state index is 13.1. The normalized spacial score (nSPS) is 17.2. The second-order valence-electron chi connectivity index (χ2n) is 6.67. The molecule has 1 aliphatic rings. The van der Waals surface area contributed by atoms with Gasteiger partial charge in [0.05, 0.1) is 16.0 Å². The van der Waals surface area contributed by atoms with Gasteiger partial charge >= 0.3 is 0 Å². The Hall–Kier alpha value is -2.19. The molecule has 3 aromatic rings. The molecule has 6 nitrogen and oxygen atoms in total. The zero-order valence-electron chi connectivity index (χ0n) is 15.6. The molecule has 140 valence electrons. The van der Waals surface area contributed by atoms with Crippen molar-refractivity contribution in [3.8, 4) is 10.8 Å². The van der Waals surface area contributed by atoms with E-state index in [2.05, 4.69) is 28.2 Å². The summed E-state index contributed by atoms with van der Waals surface area (Å²) >= 11 is 2.82. The van der Waals surface area contributed by atoms with Gasteiger partial charge in [-0.3, -0.25) is 4.79 Å². The van der Waals surface area contributed by atoms with E-state index in [-0.39, 0.29) is 17.2 Å². The van der Waals surface area contributed by atoms with Gasteiger partial charge in [0.2, 0.25) is 5.91 Å². The lowest BCUT2D eigenvalue weighted by Gasteiger charge is -2.25. The Morgan fingerprint density at radius 3 is 2.85 bits per heavy atom. The summed E-state index contributed by atoms with van der Waals surface area (Å²) in [6.07, 6.45) is 0.883. The molecule has 0 saturated carbocycles. The zero-order valence-corrected chi connectivity index (χ0v) is 17.2. The van der Waals surface area contributed by atoms with E-state index in [1.807, 2.05) is 43.9 Å². The first-order chi connectivity index (χ1) is 12.9. The summed E-state index contributed by atoms with van der Waals surface area (Å²) in [4.78, 5) is 20.2. The van der Waals surface area contributed by atoms with Crippen molar-refractivity contribution in [2.45, 2.75) is 50.6 Å². The lowest BCUT2D eigenvalue weighted by molar-refractivity contribution is -0.118. The minimum absolute atomic E-state index is 0.0574. The van der Waals surface area contributed by atoms with Crippen molar-refractivity contribution in [3.05, 3.63) is 40.5 Å². The molecule has 0 spiro atoms. The topological polar surface area (TPSA) is 72.1 Å². The highest BCUT2D eigenvalue weighted by Crippen LogP contribution is 2.36. The van der Waals surface area contributed by atoms with Crippen LogP contribution in [0.2, 0.25) is 0 Å². The van der Waals surface area contributed by atoms with E-state index in [0.29, 0.717) is 11.1 Å². The van der Waals surface area contributed by atoms with Gasteiger partial charge in [-0.05, 0) is 45.7 Å². The third-order valence-electron chi connectivity index (χ3n) is 4.57.